The van der Waals surface area contributed by atoms with Gasteiger partial charge in [0, 0.05) is 18.0 Å². The largest absolute Gasteiger partial charge is 0.493 e. The van der Waals surface area contributed by atoms with E-state index in [-0.39, 0.29) is 11.4 Å². The fourth-order valence-electron chi connectivity index (χ4n) is 3.92. The van der Waals surface area contributed by atoms with E-state index in [0.717, 1.165) is 16.9 Å². The Balaban J connectivity index is 1.28. The molecule has 38 heavy (non-hydrogen) atoms. The van der Waals surface area contributed by atoms with E-state index in [4.69, 9.17) is 19.6 Å². The number of ether oxygens (including phenoxy) is 3. The molecule has 0 aliphatic carbocycles. The van der Waals surface area contributed by atoms with E-state index in [1.807, 2.05) is 32.0 Å². The van der Waals surface area contributed by atoms with Gasteiger partial charge in [0.1, 0.15) is 24.0 Å². The van der Waals surface area contributed by atoms with Crippen molar-refractivity contribution in [2.45, 2.75) is 13.8 Å². The van der Waals surface area contributed by atoms with Gasteiger partial charge in [-0.2, -0.15) is 15.1 Å². The molecule has 0 fully saturated rings. The molecule has 1 amide bonds. The van der Waals surface area contributed by atoms with Crippen LogP contribution in [-0.2, 0) is 4.79 Å². The Bertz CT molecular complexity index is 1500. The lowest BCUT2D eigenvalue weighted by atomic mass is 10.1. The summed E-state index contributed by atoms with van der Waals surface area (Å²) in [7, 11) is 1.55. The highest BCUT2D eigenvalue weighted by molar-refractivity contribution is 8.27. The van der Waals surface area contributed by atoms with Gasteiger partial charge < -0.3 is 14.2 Å². The van der Waals surface area contributed by atoms with E-state index in [0.29, 0.717) is 40.5 Å². The van der Waals surface area contributed by atoms with Gasteiger partial charge >= 0.3 is 0 Å². The van der Waals surface area contributed by atoms with Crippen LogP contribution in [0.1, 0.15) is 22.3 Å². The van der Waals surface area contributed by atoms with Crippen molar-refractivity contribution in [3.8, 4) is 17.2 Å². The predicted molar refractivity (Wildman–Crippen MR) is 148 cm³/mol. The number of aryl methyl sites for hydroxylation is 2. The highest BCUT2D eigenvalue weighted by atomic mass is 32.2. The van der Waals surface area contributed by atoms with Crippen LogP contribution in [0.5, 0.6) is 17.2 Å². The van der Waals surface area contributed by atoms with Crippen molar-refractivity contribution in [3.63, 3.8) is 0 Å². The molecule has 5 rings (SSSR count). The number of nitrogens with one attached hydrogen (secondary N) is 1. The van der Waals surface area contributed by atoms with Crippen molar-refractivity contribution < 1.29 is 19.0 Å². The third-order valence-electron chi connectivity index (χ3n) is 5.79. The van der Waals surface area contributed by atoms with E-state index < -0.39 is 5.91 Å². The maximum absolute atomic E-state index is 12.8. The molecule has 9 nitrogen and oxygen atoms in total. The number of hydrogen-bond donors (Lipinski definition) is 1. The van der Waals surface area contributed by atoms with Gasteiger partial charge in [-0.05, 0) is 73.1 Å². The van der Waals surface area contributed by atoms with Crippen molar-refractivity contribution in [2.75, 3.05) is 20.3 Å². The number of carbonyl (C=O) groups is 1. The molecular formula is C28H25N5O4S. The zero-order valence-electron chi connectivity index (χ0n) is 21.1. The molecule has 0 unspecified atom stereocenters. The van der Waals surface area contributed by atoms with Crippen LogP contribution in [0.15, 0.2) is 76.6 Å². The number of thioether (sulfide) groups is 1. The quantitative estimate of drug-likeness (QED) is 0.330. The second kappa shape index (κ2) is 10.9. The maximum atomic E-state index is 12.8. The molecular weight excluding hydrogens is 502 g/mol. The number of aromatic nitrogens is 1. The molecule has 0 atom stereocenters. The van der Waals surface area contributed by atoms with Gasteiger partial charge in [-0.15, -0.1) is 0 Å². The highest BCUT2D eigenvalue weighted by Gasteiger charge is 2.36. The number of benzene rings is 2. The maximum Gasteiger partial charge on any atom is 0.283 e. The van der Waals surface area contributed by atoms with Gasteiger partial charge in [-0.25, -0.2) is 0 Å². The van der Waals surface area contributed by atoms with Gasteiger partial charge in [-0.1, -0.05) is 23.8 Å². The lowest BCUT2D eigenvalue weighted by molar-refractivity contribution is -0.114. The van der Waals surface area contributed by atoms with E-state index in [1.54, 1.807) is 49.8 Å². The lowest BCUT2D eigenvalue weighted by Gasteiger charge is -2.20. The molecule has 1 aromatic heterocycles. The number of pyridine rings is 1. The summed E-state index contributed by atoms with van der Waals surface area (Å²) in [5, 5.41) is 15.4. The van der Waals surface area contributed by atoms with Crippen molar-refractivity contribution >= 4 is 39.8 Å². The molecule has 0 bridgehead atoms. The normalized spacial score (nSPS) is 15.8. The second-order valence-electron chi connectivity index (χ2n) is 8.54. The molecule has 0 saturated heterocycles. The molecule has 2 aliphatic rings. The van der Waals surface area contributed by atoms with Gasteiger partial charge in [0.05, 0.1) is 12.7 Å². The number of hydrogen-bond acceptors (Lipinski definition) is 8. The standard InChI is InChI=1S/C28H25N5O4S/c1-17-6-8-22(18(2)13-17)36-11-12-37-23-9-7-19(15-24(23)35-3)14-21-25(29)33-28(31-26(21)34)38-27(32-33)20-5-4-10-30-16-20/h4-10,13-16,29H,11-12H2,1-3H3. The smallest absolute Gasteiger partial charge is 0.283 e. The van der Waals surface area contributed by atoms with Crippen molar-refractivity contribution in [2.24, 2.45) is 10.1 Å². The highest BCUT2D eigenvalue weighted by Crippen LogP contribution is 2.32. The van der Waals surface area contributed by atoms with Crippen LogP contribution in [0.3, 0.4) is 0 Å². The van der Waals surface area contributed by atoms with E-state index in [9.17, 15) is 4.79 Å². The third-order valence-corrected chi connectivity index (χ3v) is 6.75. The average Bonchev–Trinajstić information content (AvgIpc) is 3.35. The lowest BCUT2D eigenvalue weighted by Crippen LogP contribution is -2.35. The Morgan fingerprint density at radius 2 is 1.82 bits per heavy atom. The number of methoxy groups -OCH3 is 1. The molecule has 2 aromatic carbocycles. The minimum Gasteiger partial charge on any atom is -0.493 e. The molecule has 10 heteroatoms. The fraction of sp³-hybridized carbons (Fsp3) is 0.179. The minimum atomic E-state index is -0.501. The zero-order chi connectivity index (χ0) is 26.6. The van der Waals surface area contributed by atoms with Crippen molar-refractivity contribution in [1.82, 2.24) is 9.99 Å². The number of amides is 1. The third kappa shape index (κ3) is 5.30. The fourth-order valence-corrected chi connectivity index (χ4v) is 4.80. The summed E-state index contributed by atoms with van der Waals surface area (Å²) < 4.78 is 17.2. The number of aliphatic imine (C=N–C) groups is 1. The first-order valence-electron chi connectivity index (χ1n) is 11.8. The van der Waals surface area contributed by atoms with Gasteiger partial charge in [0.2, 0.25) is 5.17 Å². The molecule has 2 aliphatic heterocycles. The summed E-state index contributed by atoms with van der Waals surface area (Å²) in [6.45, 7) is 4.76. The summed E-state index contributed by atoms with van der Waals surface area (Å²) in [5.74, 6) is 1.32. The molecule has 0 saturated carbocycles. The van der Waals surface area contributed by atoms with Crippen molar-refractivity contribution in [3.05, 3.63) is 88.8 Å². The van der Waals surface area contributed by atoms with E-state index >= 15 is 0 Å². The summed E-state index contributed by atoms with van der Waals surface area (Å²) in [6.07, 6.45) is 4.95. The van der Waals surface area contributed by atoms with Crippen LogP contribution in [0.4, 0.5) is 0 Å². The summed E-state index contributed by atoms with van der Waals surface area (Å²) >= 11 is 1.23. The monoisotopic (exact) mass is 527 g/mol. The number of nitrogens with zero attached hydrogens (tertiary/aromatic N) is 4. The summed E-state index contributed by atoms with van der Waals surface area (Å²) in [5.41, 5.74) is 3.84. The minimum absolute atomic E-state index is 0.0470. The van der Waals surface area contributed by atoms with Crippen LogP contribution in [0.25, 0.3) is 6.08 Å². The molecule has 0 radical (unpaired) electrons. The Morgan fingerprint density at radius 1 is 1.03 bits per heavy atom. The second-order valence-corrected chi connectivity index (χ2v) is 9.50. The summed E-state index contributed by atoms with van der Waals surface area (Å²) in [4.78, 5) is 21.0. The van der Waals surface area contributed by atoms with Crippen LogP contribution >= 0.6 is 11.8 Å². The number of hydrazone groups is 1. The SMILES string of the molecule is COc1cc(C=C2C(=N)N3N=C(c4cccnc4)SC3=NC2=O)ccc1OCCOc1ccc(C)cc1C. The van der Waals surface area contributed by atoms with Crippen LogP contribution in [-0.4, -0.2) is 52.3 Å². The first-order valence-corrected chi connectivity index (χ1v) is 12.7. The van der Waals surface area contributed by atoms with Crippen LogP contribution in [0.2, 0.25) is 0 Å². The molecule has 1 N–H and O–H groups in total. The predicted octanol–water partition coefficient (Wildman–Crippen LogP) is 4.83. The average molecular weight is 528 g/mol. The van der Waals surface area contributed by atoms with Crippen LogP contribution in [0, 0.1) is 19.3 Å². The zero-order valence-corrected chi connectivity index (χ0v) is 21.9. The van der Waals surface area contributed by atoms with E-state index in [1.165, 1.54) is 22.3 Å². The molecule has 192 valence electrons. The molecule has 0 spiro atoms. The van der Waals surface area contributed by atoms with Gasteiger partial charge in [0.25, 0.3) is 5.91 Å². The number of amidine groups is 2. The van der Waals surface area contributed by atoms with Crippen LogP contribution < -0.4 is 14.2 Å². The first-order chi connectivity index (χ1) is 18.4. The van der Waals surface area contributed by atoms with Gasteiger partial charge in [-0.3, -0.25) is 15.2 Å². The molecule has 3 heterocycles. The van der Waals surface area contributed by atoms with E-state index in [2.05, 4.69) is 21.1 Å². The molecule has 3 aromatic rings. The number of carbonyl (C=O) groups excluding carboxylic acids is 1. The van der Waals surface area contributed by atoms with Gasteiger partial charge in [0.15, 0.2) is 17.3 Å². The Morgan fingerprint density at radius 3 is 2.55 bits per heavy atom. The Labute approximate surface area is 224 Å². The van der Waals surface area contributed by atoms with Crippen molar-refractivity contribution in [1.29, 1.82) is 5.41 Å². The Hall–Kier alpha value is -4.44. The summed E-state index contributed by atoms with van der Waals surface area (Å²) in [6, 6.07) is 15.0. The topological polar surface area (TPSA) is 109 Å². The first kappa shape index (κ1) is 25.2. The number of fused-ring (bicyclic) bond motifs is 1. The Kier molecular flexibility index (Phi) is 7.23. The number of rotatable bonds is 8.